The Morgan fingerprint density at radius 1 is 1.44 bits per heavy atom. The fourth-order valence-electron chi connectivity index (χ4n) is 1.26. The van der Waals surface area contributed by atoms with E-state index >= 15 is 0 Å². The highest BCUT2D eigenvalue weighted by Gasteiger charge is 2.08. The van der Waals surface area contributed by atoms with Crippen molar-refractivity contribution in [1.29, 1.82) is 0 Å². The summed E-state index contributed by atoms with van der Waals surface area (Å²) in [6.45, 7) is 8.83. The lowest BCUT2D eigenvalue weighted by atomic mass is 10.3. The molecule has 0 heterocycles. The molecule has 0 aromatic heterocycles. The molecule has 0 aliphatic carbocycles. The van der Waals surface area contributed by atoms with Gasteiger partial charge in [-0.05, 0) is 6.42 Å². The average molecular weight is 226 g/mol. The normalized spacial score (nSPS) is 9.62. The van der Waals surface area contributed by atoms with Crippen molar-refractivity contribution in [2.24, 2.45) is 0 Å². The molecule has 92 valence electrons. The Labute approximate surface area is 97.7 Å². The summed E-state index contributed by atoms with van der Waals surface area (Å²) in [5.74, 6) is -0.0231. The van der Waals surface area contributed by atoms with Gasteiger partial charge >= 0.3 is 0 Å². The monoisotopic (exact) mass is 226 g/mol. The maximum absolute atomic E-state index is 11.4. The Morgan fingerprint density at radius 3 is 2.62 bits per heavy atom. The van der Waals surface area contributed by atoms with Crippen LogP contribution in [-0.4, -0.2) is 36.3 Å². The molecule has 0 spiro atoms. The van der Waals surface area contributed by atoms with Crippen LogP contribution in [0.3, 0.4) is 0 Å². The van der Waals surface area contributed by atoms with Crippen molar-refractivity contribution in [2.75, 3.05) is 19.6 Å². The van der Waals surface area contributed by atoms with Crippen molar-refractivity contribution in [1.82, 2.24) is 10.2 Å². The van der Waals surface area contributed by atoms with Crippen molar-refractivity contribution >= 4 is 11.8 Å². The van der Waals surface area contributed by atoms with E-state index in [1.54, 1.807) is 11.0 Å². The number of hydrogen-bond donors (Lipinski definition) is 1. The molecule has 0 fully saturated rings. The zero-order chi connectivity index (χ0) is 12.4. The second-order valence-corrected chi connectivity index (χ2v) is 3.71. The Balaban J connectivity index is 3.78. The van der Waals surface area contributed by atoms with Gasteiger partial charge < -0.3 is 10.2 Å². The van der Waals surface area contributed by atoms with E-state index in [1.165, 1.54) is 6.92 Å². The van der Waals surface area contributed by atoms with Crippen molar-refractivity contribution in [3.63, 3.8) is 0 Å². The van der Waals surface area contributed by atoms with Gasteiger partial charge in [-0.2, -0.15) is 0 Å². The molecule has 0 aromatic rings. The molecule has 0 bridgehead atoms. The Bertz CT molecular complexity index is 239. The van der Waals surface area contributed by atoms with E-state index < -0.39 is 0 Å². The van der Waals surface area contributed by atoms with Crippen LogP contribution in [-0.2, 0) is 9.59 Å². The molecule has 0 rings (SSSR count). The summed E-state index contributed by atoms with van der Waals surface area (Å²) in [4.78, 5) is 24.1. The van der Waals surface area contributed by atoms with Crippen LogP contribution in [0.1, 0.15) is 33.1 Å². The number of hydrogen-bond acceptors (Lipinski definition) is 2. The summed E-state index contributed by atoms with van der Waals surface area (Å²) < 4.78 is 0. The summed E-state index contributed by atoms with van der Waals surface area (Å²) >= 11 is 0. The summed E-state index contributed by atoms with van der Waals surface area (Å²) in [5.41, 5.74) is 0. The maximum Gasteiger partial charge on any atom is 0.221 e. The van der Waals surface area contributed by atoms with E-state index in [9.17, 15) is 9.59 Å². The van der Waals surface area contributed by atoms with Gasteiger partial charge in [0.2, 0.25) is 11.8 Å². The standard InChI is InChI=1S/C12H22N2O2/c1-4-6-8-13-12(16)7-10-14(9-5-2)11(3)15/h5H,2,4,6-10H2,1,3H3,(H,13,16). The van der Waals surface area contributed by atoms with E-state index in [1.807, 2.05) is 0 Å². The molecule has 0 unspecified atom stereocenters. The van der Waals surface area contributed by atoms with Crippen LogP contribution in [0.4, 0.5) is 0 Å². The van der Waals surface area contributed by atoms with E-state index in [-0.39, 0.29) is 11.8 Å². The lowest BCUT2D eigenvalue weighted by molar-refractivity contribution is -0.129. The molecule has 0 saturated carbocycles. The first-order valence-corrected chi connectivity index (χ1v) is 5.75. The Morgan fingerprint density at radius 2 is 2.12 bits per heavy atom. The molecule has 0 aromatic carbocycles. The topological polar surface area (TPSA) is 49.4 Å². The van der Waals surface area contributed by atoms with Crippen molar-refractivity contribution in [2.45, 2.75) is 33.1 Å². The molecular formula is C12H22N2O2. The van der Waals surface area contributed by atoms with E-state index in [2.05, 4.69) is 18.8 Å². The first-order valence-electron chi connectivity index (χ1n) is 5.75. The van der Waals surface area contributed by atoms with Gasteiger partial charge in [-0.3, -0.25) is 9.59 Å². The zero-order valence-electron chi connectivity index (χ0n) is 10.3. The maximum atomic E-state index is 11.4. The molecule has 0 radical (unpaired) electrons. The highest BCUT2D eigenvalue weighted by atomic mass is 16.2. The second-order valence-electron chi connectivity index (χ2n) is 3.71. The van der Waals surface area contributed by atoms with E-state index in [4.69, 9.17) is 0 Å². The van der Waals surface area contributed by atoms with Gasteiger partial charge in [-0.1, -0.05) is 19.4 Å². The molecule has 0 atom stereocenters. The van der Waals surface area contributed by atoms with Gasteiger partial charge in [0.1, 0.15) is 0 Å². The molecule has 2 amide bonds. The van der Waals surface area contributed by atoms with Crippen LogP contribution < -0.4 is 5.32 Å². The largest absolute Gasteiger partial charge is 0.356 e. The molecule has 1 N–H and O–H groups in total. The number of nitrogens with zero attached hydrogens (tertiary/aromatic N) is 1. The van der Waals surface area contributed by atoms with Gasteiger partial charge in [0, 0.05) is 33.0 Å². The Kier molecular flexibility index (Phi) is 8.21. The quantitative estimate of drug-likeness (QED) is 0.501. The van der Waals surface area contributed by atoms with Crippen molar-refractivity contribution < 1.29 is 9.59 Å². The average Bonchev–Trinajstić information content (AvgIpc) is 2.24. The summed E-state index contributed by atoms with van der Waals surface area (Å²) in [6.07, 6.45) is 4.08. The number of unbranched alkanes of at least 4 members (excludes halogenated alkanes) is 1. The molecule has 0 aliphatic heterocycles. The molecule has 4 nitrogen and oxygen atoms in total. The van der Waals surface area contributed by atoms with Gasteiger partial charge in [0.15, 0.2) is 0 Å². The number of rotatable bonds is 8. The van der Waals surface area contributed by atoms with Crippen LogP contribution in [0.25, 0.3) is 0 Å². The van der Waals surface area contributed by atoms with Gasteiger partial charge in [-0.25, -0.2) is 0 Å². The van der Waals surface area contributed by atoms with Gasteiger partial charge in [-0.15, -0.1) is 6.58 Å². The first-order chi connectivity index (χ1) is 7.61. The van der Waals surface area contributed by atoms with Crippen LogP contribution in [0.15, 0.2) is 12.7 Å². The summed E-state index contributed by atoms with van der Waals surface area (Å²) in [6, 6.07) is 0. The van der Waals surface area contributed by atoms with E-state index in [0.717, 1.165) is 19.4 Å². The minimum Gasteiger partial charge on any atom is -0.356 e. The molecule has 4 heteroatoms. The third kappa shape index (κ3) is 7.04. The second kappa shape index (κ2) is 8.95. The van der Waals surface area contributed by atoms with E-state index in [0.29, 0.717) is 19.5 Å². The molecule has 0 aliphatic rings. The molecule has 16 heavy (non-hydrogen) atoms. The smallest absolute Gasteiger partial charge is 0.221 e. The van der Waals surface area contributed by atoms with Crippen molar-refractivity contribution in [3.05, 3.63) is 12.7 Å². The summed E-state index contributed by atoms with van der Waals surface area (Å²) in [5, 5.41) is 2.82. The highest BCUT2D eigenvalue weighted by Crippen LogP contribution is 1.93. The SMILES string of the molecule is C=CCN(CCC(=O)NCCCC)C(C)=O. The minimum absolute atomic E-state index is 0.00348. The van der Waals surface area contributed by atoms with Crippen LogP contribution >= 0.6 is 0 Å². The predicted molar refractivity (Wildman–Crippen MR) is 65.0 cm³/mol. The fraction of sp³-hybridized carbons (Fsp3) is 0.667. The van der Waals surface area contributed by atoms with Crippen molar-refractivity contribution in [3.8, 4) is 0 Å². The summed E-state index contributed by atoms with van der Waals surface area (Å²) in [7, 11) is 0. The number of carbonyl (C=O) groups excluding carboxylic acids is 2. The van der Waals surface area contributed by atoms with Gasteiger partial charge in [0.25, 0.3) is 0 Å². The van der Waals surface area contributed by atoms with Crippen LogP contribution in [0.2, 0.25) is 0 Å². The fourth-order valence-corrected chi connectivity index (χ4v) is 1.26. The van der Waals surface area contributed by atoms with Crippen LogP contribution in [0.5, 0.6) is 0 Å². The highest BCUT2D eigenvalue weighted by molar-refractivity contribution is 5.78. The lowest BCUT2D eigenvalue weighted by Crippen LogP contribution is -2.34. The lowest BCUT2D eigenvalue weighted by Gasteiger charge is -2.18. The van der Waals surface area contributed by atoms with Crippen LogP contribution in [0, 0.1) is 0 Å². The van der Waals surface area contributed by atoms with Gasteiger partial charge in [0.05, 0.1) is 0 Å². The zero-order valence-corrected chi connectivity index (χ0v) is 10.3. The number of nitrogens with one attached hydrogen (secondary N) is 1. The third-order valence-corrected chi connectivity index (χ3v) is 2.26. The molecular weight excluding hydrogens is 204 g/mol. The Hall–Kier alpha value is -1.32. The number of amides is 2. The minimum atomic E-state index is -0.0266. The predicted octanol–water partition coefficient (Wildman–Crippen LogP) is 1.33. The third-order valence-electron chi connectivity index (χ3n) is 2.26. The number of carbonyl (C=O) groups is 2. The molecule has 0 saturated heterocycles. The first kappa shape index (κ1) is 14.7.